The number of rotatable bonds is 9. The van der Waals surface area contributed by atoms with Gasteiger partial charge in [-0.2, -0.15) is 16.8 Å². The Morgan fingerprint density at radius 2 is 0.926 bits per heavy atom. The van der Waals surface area contributed by atoms with Crippen LogP contribution in [0.5, 0.6) is 23.0 Å². The van der Waals surface area contributed by atoms with Gasteiger partial charge in [0.25, 0.3) is 20.2 Å². The van der Waals surface area contributed by atoms with Gasteiger partial charge >= 0.3 is 59.1 Å². The van der Waals surface area contributed by atoms with Crippen LogP contribution in [0.4, 0.5) is 34.1 Å². The maximum Gasteiger partial charge on any atom is 1.00 e. The molecule has 54 heavy (non-hydrogen) atoms. The summed E-state index contributed by atoms with van der Waals surface area (Å²) in [6.07, 6.45) is 0. The summed E-state index contributed by atoms with van der Waals surface area (Å²) in [6, 6.07) is 19.6. The van der Waals surface area contributed by atoms with Gasteiger partial charge in [-0.3, -0.25) is 9.11 Å². The predicted molar refractivity (Wildman–Crippen MR) is 189 cm³/mol. The Bertz CT molecular complexity index is 2540. The van der Waals surface area contributed by atoms with Crippen LogP contribution in [0.2, 0.25) is 0 Å². The van der Waals surface area contributed by atoms with Crippen molar-refractivity contribution in [2.75, 3.05) is 25.7 Å². The molecule has 0 bridgehead atoms. The van der Waals surface area contributed by atoms with Crippen molar-refractivity contribution in [3.63, 3.8) is 0 Å². The minimum Gasteiger partial charge on any atom is -0.872 e. The number of anilines is 2. The fourth-order valence-corrected chi connectivity index (χ4v) is 6.46. The Hall–Kier alpha value is -4.34. The Balaban J connectivity index is 0.00000325. The number of azo groups is 2. The normalized spacial score (nSPS) is 11.9. The maximum atomic E-state index is 12.8. The van der Waals surface area contributed by atoms with Crippen LogP contribution in [0.1, 0.15) is 0 Å². The summed E-state index contributed by atoms with van der Waals surface area (Å²) in [6.45, 7) is 0. The van der Waals surface area contributed by atoms with E-state index in [2.05, 4.69) is 20.5 Å². The zero-order valence-electron chi connectivity index (χ0n) is 29.0. The molecule has 0 saturated carbocycles. The van der Waals surface area contributed by atoms with Crippen LogP contribution < -0.4 is 90.3 Å². The maximum absolute atomic E-state index is 12.8. The summed E-state index contributed by atoms with van der Waals surface area (Å²) >= 11 is 0. The van der Waals surface area contributed by atoms with Crippen LogP contribution in [0, 0.1) is 0 Å². The standard InChI is InChI=1S/C34H28N6O10S2.2Na/c1-49-29-13-17(5-9-25(29)37-39-33-23(35)7-3-19-11-21(51(43,44)45)15-27(41)31(19)33)18-6-10-26(30(14-18)50-2)38-40-34-24(36)8-4-20-12-22(52(46,47)48)16-28(42)32(20)34;;/h3-16,41-42H,35-36H2,1-2H3,(H,43,44,45)(H,46,47,48);;/q;2*+1/p-2. The first-order valence-electron chi connectivity index (χ1n) is 14.8. The smallest absolute Gasteiger partial charge is 0.872 e. The molecule has 16 nitrogen and oxygen atoms in total. The number of hydrogen-bond acceptors (Lipinski definition) is 14. The summed E-state index contributed by atoms with van der Waals surface area (Å²) in [4.78, 5) is -1.12. The quantitative estimate of drug-likeness (QED) is 0.0668. The van der Waals surface area contributed by atoms with Gasteiger partial charge in [-0.25, -0.2) is 0 Å². The van der Waals surface area contributed by atoms with Crippen LogP contribution in [0.15, 0.2) is 115 Å². The van der Waals surface area contributed by atoms with Gasteiger partial charge in [0.05, 0.1) is 35.4 Å². The molecule has 6 aromatic rings. The topological polar surface area (TPSA) is 275 Å². The van der Waals surface area contributed by atoms with Crippen molar-refractivity contribution in [2.45, 2.75) is 9.79 Å². The monoisotopic (exact) mass is 788 g/mol. The van der Waals surface area contributed by atoms with E-state index in [-0.39, 0.29) is 115 Å². The van der Waals surface area contributed by atoms with E-state index in [1.165, 1.54) is 38.5 Å². The van der Waals surface area contributed by atoms with Crippen LogP contribution in [0.25, 0.3) is 32.7 Å². The SMILES string of the molecule is COc1cc(-c2ccc(N=Nc3c(N)ccc4cc(S(=O)(=O)O)cc([O-])c34)c(OC)c2)ccc1N=Nc1c(N)ccc2cc(S(=O)(=O)O)cc([O-])c12.[Na+].[Na+]. The molecule has 266 valence electrons. The zero-order valence-corrected chi connectivity index (χ0v) is 34.6. The van der Waals surface area contributed by atoms with Crippen molar-refractivity contribution in [1.82, 2.24) is 0 Å². The van der Waals surface area contributed by atoms with Crippen molar-refractivity contribution in [2.24, 2.45) is 20.5 Å². The molecule has 0 atom stereocenters. The second-order valence-electron chi connectivity index (χ2n) is 11.2. The minimum atomic E-state index is -4.62. The first kappa shape index (κ1) is 42.4. The number of benzene rings is 6. The van der Waals surface area contributed by atoms with Gasteiger partial charge in [0.1, 0.15) is 34.2 Å². The third kappa shape index (κ3) is 8.63. The minimum absolute atomic E-state index is 0. The summed E-state index contributed by atoms with van der Waals surface area (Å²) in [5, 5.41) is 43.0. The Morgan fingerprint density at radius 1 is 0.556 bits per heavy atom. The molecule has 0 aromatic heterocycles. The first-order valence-corrected chi connectivity index (χ1v) is 17.7. The van der Waals surface area contributed by atoms with Crippen LogP contribution >= 0.6 is 0 Å². The summed E-state index contributed by atoms with van der Waals surface area (Å²) in [7, 11) is -6.39. The molecule has 0 aliphatic carbocycles. The molecule has 6 N–H and O–H groups in total. The Labute approximate surface area is 352 Å². The van der Waals surface area contributed by atoms with Gasteiger partial charge in [0.2, 0.25) is 0 Å². The Morgan fingerprint density at radius 3 is 1.26 bits per heavy atom. The number of ether oxygens (including phenoxy) is 2. The van der Waals surface area contributed by atoms with Gasteiger partial charge < -0.3 is 31.2 Å². The molecular formula is C34H26N6Na2O10S2. The number of nitrogens with zero attached hydrogens (tertiary/aromatic N) is 4. The van der Waals surface area contributed by atoms with E-state index in [1.54, 1.807) is 36.4 Å². The summed E-state index contributed by atoms with van der Waals surface area (Å²) in [5.74, 6) is -0.849. The van der Waals surface area contributed by atoms with Crippen molar-refractivity contribution in [1.29, 1.82) is 0 Å². The van der Waals surface area contributed by atoms with Crippen molar-refractivity contribution in [3.8, 4) is 34.1 Å². The Kier molecular flexibility index (Phi) is 13.0. The molecule has 0 fully saturated rings. The van der Waals surface area contributed by atoms with E-state index in [9.17, 15) is 36.2 Å². The molecule has 6 aromatic carbocycles. The van der Waals surface area contributed by atoms with E-state index >= 15 is 0 Å². The summed E-state index contributed by atoms with van der Waals surface area (Å²) in [5.41, 5.74) is 14.3. The third-order valence-electron chi connectivity index (χ3n) is 7.92. The number of hydrogen-bond donors (Lipinski definition) is 4. The fraction of sp³-hybridized carbons (Fsp3) is 0.0588. The number of methoxy groups -OCH3 is 2. The molecule has 20 heteroatoms. The van der Waals surface area contributed by atoms with E-state index in [0.29, 0.717) is 22.6 Å². The molecule has 0 radical (unpaired) electrons. The number of fused-ring (bicyclic) bond motifs is 2. The van der Waals surface area contributed by atoms with Crippen molar-refractivity contribution in [3.05, 3.63) is 84.9 Å². The zero-order chi connectivity index (χ0) is 37.5. The number of nitrogen functional groups attached to an aromatic ring is 2. The van der Waals surface area contributed by atoms with E-state index in [1.807, 2.05) is 0 Å². The van der Waals surface area contributed by atoms with E-state index in [0.717, 1.165) is 24.3 Å². The summed E-state index contributed by atoms with van der Waals surface area (Å²) < 4.78 is 76.3. The number of nitrogens with two attached hydrogens (primary N) is 2. The molecular weight excluding hydrogens is 763 g/mol. The largest absolute Gasteiger partial charge is 1.00 e. The molecule has 0 heterocycles. The van der Waals surface area contributed by atoms with E-state index < -0.39 is 41.5 Å². The second kappa shape index (κ2) is 16.6. The van der Waals surface area contributed by atoms with Crippen molar-refractivity contribution < 1.29 is 105 Å². The molecule has 6 rings (SSSR count). The fourth-order valence-electron chi connectivity index (χ4n) is 5.40. The first-order chi connectivity index (χ1) is 24.6. The molecule has 0 aliphatic heterocycles. The molecule has 0 saturated heterocycles. The van der Waals surface area contributed by atoms with Gasteiger partial charge in [-0.05, 0) is 82.6 Å². The second-order valence-corrected chi connectivity index (χ2v) is 14.0. The average molecular weight is 789 g/mol. The molecule has 0 spiro atoms. The average Bonchev–Trinajstić information content (AvgIpc) is 3.10. The van der Waals surface area contributed by atoms with Crippen molar-refractivity contribution >= 4 is 75.9 Å². The van der Waals surface area contributed by atoms with Gasteiger partial charge in [0.15, 0.2) is 0 Å². The van der Waals surface area contributed by atoms with Crippen LogP contribution in [0.3, 0.4) is 0 Å². The van der Waals surface area contributed by atoms with Crippen LogP contribution in [-0.2, 0) is 20.2 Å². The molecule has 0 aliphatic rings. The van der Waals surface area contributed by atoms with Gasteiger partial charge in [0, 0.05) is 10.8 Å². The van der Waals surface area contributed by atoms with Gasteiger partial charge in [-0.1, -0.05) is 35.8 Å². The van der Waals surface area contributed by atoms with Gasteiger partial charge in [-0.15, -0.1) is 20.5 Å². The van der Waals surface area contributed by atoms with E-state index in [4.69, 9.17) is 20.9 Å². The molecule has 0 unspecified atom stereocenters. The van der Waals surface area contributed by atoms with Crippen LogP contribution in [-0.4, -0.2) is 40.2 Å². The molecule has 0 amide bonds. The third-order valence-corrected chi connectivity index (χ3v) is 9.58. The predicted octanol–water partition coefficient (Wildman–Crippen LogP) is 0.321.